The SMILES string of the molecule is COc1cc(C2SCCC(=O)N2Cc2ccc(O)c(O)c2)cc(OC)c1OC. The number of carbonyl (C=O) groups is 1. The highest BCUT2D eigenvalue weighted by atomic mass is 32.2. The number of rotatable bonds is 6. The second kappa shape index (κ2) is 8.52. The van der Waals surface area contributed by atoms with Gasteiger partial charge in [-0.1, -0.05) is 6.07 Å². The van der Waals surface area contributed by atoms with E-state index in [0.29, 0.717) is 36.0 Å². The van der Waals surface area contributed by atoms with Gasteiger partial charge in [0.15, 0.2) is 23.0 Å². The van der Waals surface area contributed by atoms with Crippen molar-refractivity contribution in [1.29, 1.82) is 0 Å². The minimum Gasteiger partial charge on any atom is -0.504 e. The van der Waals surface area contributed by atoms with E-state index in [2.05, 4.69) is 0 Å². The van der Waals surface area contributed by atoms with E-state index in [1.54, 1.807) is 44.1 Å². The number of hydrogen-bond donors (Lipinski definition) is 2. The van der Waals surface area contributed by atoms with Crippen molar-refractivity contribution in [3.05, 3.63) is 41.5 Å². The van der Waals surface area contributed by atoms with Crippen molar-refractivity contribution in [2.75, 3.05) is 27.1 Å². The topological polar surface area (TPSA) is 88.5 Å². The maximum absolute atomic E-state index is 12.7. The predicted octanol–water partition coefficient (Wildman–Crippen LogP) is 3.29. The summed E-state index contributed by atoms with van der Waals surface area (Å²) in [5, 5.41) is 19.0. The Morgan fingerprint density at radius 1 is 1.04 bits per heavy atom. The van der Waals surface area contributed by atoms with Crippen LogP contribution in [0.4, 0.5) is 0 Å². The number of phenols is 2. The van der Waals surface area contributed by atoms with Crippen LogP contribution in [0.2, 0.25) is 0 Å². The second-order valence-corrected chi connectivity index (χ2v) is 7.46. The van der Waals surface area contributed by atoms with Crippen LogP contribution in [0.25, 0.3) is 0 Å². The Balaban J connectivity index is 1.98. The molecule has 1 saturated heterocycles. The molecule has 1 fully saturated rings. The Bertz CT molecular complexity index is 847. The van der Waals surface area contributed by atoms with Crippen molar-refractivity contribution >= 4 is 17.7 Å². The number of methoxy groups -OCH3 is 3. The second-order valence-electron chi connectivity index (χ2n) is 6.28. The molecule has 1 heterocycles. The fourth-order valence-corrected chi connectivity index (χ4v) is 4.39. The molecule has 2 aromatic rings. The van der Waals surface area contributed by atoms with E-state index in [0.717, 1.165) is 11.1 Å². The lowest BCUT2D eigenvalue weighted by atomic mass is 10.1. The third kappa shape index (κ3) is 3.91. The normalized spacial score (nSPS) is 16.8. The molecule has 1 aliphatic rings. The van der Waals surface area contributed by atoms with Crippen molar-refractivity contribution < 1.29 is 29.2 Å². The van der Waals surface area contributed by atoms with Crippen molar-refractivity contribution in [2.24, 2.45) is 0 Å². The van der Waals surface area contributed by atoms with Gasteiger partial charge in [-0.3, -0.25) is 4.79 Å². The lowest BCUT2D eigenvalue weighted by molar-refractivity contribution is -0.132. The maximum Gasteiger partial charge on any atom is 0.224 e. The van der Waals surface area contributed by atoms with E-state index in [1.807, 2.05) is 12.1 Å². The largest absolute Gasteiger partial charge is 0.504 e. The van der Waals surface area contributed by atoms with Crippen molar-refractivity contribution in [2.45, 2.75) is 18.3 Å². The van der Waals surface area contributed by atoms with Gasteiger partial charge in [-0.2, -0.15) is 0 Å². The van der Waals surface area contributed by atoms with Crippen LogP contribution in [0.1, 0.15) is 22.9 Å². The molecule has 2 N–H and O–H groups in total. The summed E-state index contributed by atoms with van der Waals surface area (Å²) in [6, 6.07) is 8.26. The first-order chi connectivity index (χ1) is 13.5. The number of hydrogen-bond acceptors (Lipinski definition) is 7. The van der Waals surface area contributed by atoms with Gasteiger partial charge < -0.3 is 29.3 Å². The summed E-state index contributed by atoms with van der Waals surface area (Å²) in [6.45, 7) is 0.307. The van der Waals surface area contributed by atoms with Gasteiger partial charge in [-0.15, -0.1) is 11.8 Å². The molecule has 28 heavy (non-hydrogen) atoms. The lowest BCUT2D eigenvalue weighted by Crippen LogP contribution is -2.36. The summed E-state index contributed by atoms with van der Waals surface area (Å²) in [5.74, 6) is 1.87. The van der Waals surface area contributed by atoms with Gasteiger partial charge in [0.2, 0.25) is 11.7 Å². The average molecular weight is 405 g/mol. The molecule has 2 aromatic carbocycles. The Labute approximate surface area is 167 Å². The summed E-state index contributed by atoms with van der Waals surface area (Å²) in [5.41, 5.74) is 1.58. The highest BCUT2D eigenvalue weighted by Gasteiger charge is 2.31. The van der Waals surface area contributed by atoms with Crippen LogP contribution in [-0.2, 0) is 11.3 Å². The van der Waals surface area contributed by atoms with Crippen LogP contribution in [0.3, 0.4) is 0 Å². The van der Waals surface area contributed by atoms with Gasteiger partial charge in [0.05, 0.1) is 21.3 Å². The summed E-state index contributed by atoms with van der Waals surface area (Å²) < 4.78 is 16.3. The minimum atomic E-state index is -0.245. The van der Waals surface area contributed by atoms with Crippen LogP contribution in [0, 0.1) is 0 Å². The maximum atomic E-state index is 12.7. The van der Waals surface area contributed by atoms with E-state index >= 15 is 0 Å². The first-order valence-corrected chi connectivity index (χ1v) is 9.75. The zero-order valence-electron chi connectivity index (χ0n) is 16.0. The summed E-state index contributed by atoms with van der Waals surface area (Å²) in [7, 11) is 4.65. The molecule has 1 aliphatic heterocycles. The molecule has 0 aliphatic carbocycles. The fraction of sp³-hybridized carbons (Fsp3) is 0.350. The standard InChI is InChI=1S/C20H23NO6S/c1-25-16-9-13(10-17(26-2)19(16)27-3)20-21(18(24)6-7-28-20)11-12-4-5-14(22)15(23)8-12/h4-5,8-10,20,22-23H,6-7,11H2,1-3H3. The molecule has 0 spiro atoms. The van der Waals surface area contributed by atoms with Gasteiger partial charge in [0.1, 0.15) is 5.37 Å². The highest BCUT2D eigenvalue weighted by Crippen LogP contribution is 2.45. The van der Waals surface area contributed by atoms with Crippen LogP contribution < -0.4 is 14.2 Å². The Kier molecular flexibility index (Phi) is 6.08. The summed E-state index contributed by atoms with van der Waals surface area (Å²) in [4.78, 5) is 14.4. The molecule has 0 saturated carbocycles. The van der Waals surface area contributed by atoms with Crippen molar-refractivity contribution in [1.82, 2.24) is 4.90 Å². The van der Waals surface area contributed by atoms with Gasteiger partial charge in [-0.25, -0.2) is 0 Å². The first-order valence-electron chi connectivity index (χ1n) is 8.70. The quantitative estimate of drug-likeness (QED) is 0.713. The van der Waals surface area contributed by atoms with E-state index in [1.165, 1.54) is 12.1 Å². The molecular weight excluding hydrogens is 382 g/mol. The lowest BCUT2D eigenvalue weighted by Gasteiger charge is -2.36. The number of nitrogens with zero attached hydrogens (tertiary/aromatic N) is 1. The smallest absolute Gasteiger partial charge is 0.224 e. The van der Waals surface area contributed by atoms with Crippen molar-refractivity contribution in [3.63, 3.8) is 0 Å². The van der Waals surface area contributed by atoms with Gasteiger partial charge >= 0.3 is 0 Å². The molecular formula is C20H23NO6S. The van der Waals surface area contributed by atoms with Gasteiger partial charge in [0, 0.05) is 18.7 Å². The zero-order valence-corrected chi connectivity index (χ0v) is 16.8. The molecule has 8 heteroatoms. The van der Waals surface area contributed by atoms with Crippen LogP contribution in [0.5, 0.6) is 28.7 Å². The van der Waals surface area contributed by atoms with E-state index < -0.39 is 0 Å². The summed E-state index contributed by atoms with van der Waals surface area (Å²) in [6.07, 6.45) is 0.440. The minimum absolute atomic E-state index is 0.0186. The van der Waals surface area contributed by atoms with Crippen LogP contribution in [0.15, 0.2) is 30.3 Å². The number of thioether (sulfide) groups is 1. The summed E-state index contributed by atoms with van der Waals surface area (Å²) >= 11 is 1.65. The molecule has 0 bridgehead atoms. The molecule has 150 valence electrons. The molecule has 7 nitrogen and oxygen atoms in total. The zero-order chi connectivity index (χ0) is 20.3. The number of aromatic hydroxyl groups is 2. The highest BCUT2D eigenvalue weighted by molar-refractivity contribution is 7.99. The molecule has 0 aromatic heterocycles. The van der Waals surface area contributed by atoms with Gasteiger partial charge in [0.25, 0.3) is 0 Å². The molecule has 1 atom stereocenters. The van der Waals surface area contributed by atoms with E-state index in [-0.39, 0.29) is 22.8 Å². The van der Waals surface area contributed by atoms with Crippen molar-refractivity contribution in [3.8, 4) is 28.7 Å². The van der Waals surface area contributed by atoms with E-state index in [9.17, 15) is 15.0 Å². The number of amides is 1. The predicted molar refractivity (Wildman–Crippen MR) is 106 cm³/mol. The number of benzene rings is 2. The average Bonchev–Trinajstić information content (AvgIpc) is 2.71. The number of ether oxygens (including phenoxy) is 3. The van der Waals surface area contributed by atoms with Gasteiger partial charge in [-0.05, 0) is 35.4 Å². The fourth-order valence-electron chi connectivity index (χ4n) is 3.18. The van der Waals surface area contributed by atoms with E-state index in [4.69, 9.17) is 14.2 Å². The van der Waals surface area contributed by atoms with Crippen LogP contribution in [-0.4, -0.2) is 48.1 Å². The Morgan fingerprint density at radius 2 is 1.71 bits per heavy atom. The number of carbonyl (C=O) groups excluding carboxylic acids is 1. The molecule has 0 radical (unpaired) electrons. The first kappa shape index (κ1) is 20.0. The third-order valence-electron chi connectivity index (χ3n) is 4.56. The molecule has 1 unspecified atom stereocenters. The Hall–Kier alpha value is -2.74. The monoisotopic (exact) mass is 405 g/mol. The Morgan fingerprint density at radius 3 is 2.29 bits per heavy atom. The van der Waals surface area contributed by atoms with Crippen LogP contribution >= 0.6 is 11.8 Å². The number of phenolic OH excluding ortho intramolecular Hbond substituents is 2. The third-order valence-corrected chi connectivity index (χ3v) is 5.84. The molecule has 3 rings (SSSR count). The molecule has 1 amide bonds.